The van der Waals surface area contributed by atoms with Crippen LogP contribution in [0.5, 0.6) is 0 Å². The second-order valence-electron chi connectivity index (χ2n) is 4.90. The van der Waals surface area contributed by atoms with Gasteiger partial charge in [-0.2, -0.15) is 0 Å². The van der Waals surface area contributed by atoms with Crippen LogP contribution in [0.15, 0.2) is 18.2 Å². The van der Waals surface area contributed by atoms with E-state index in [1.54, 1.807) is 12.1 Å². The van der Waals surface area contributed by atoms with Crippen molar-refractivity contribution >= 4 is 11.6 Å². The van der Waals surface area contributed by atoms with Crippen molar-refractivity contribution in [2.75, 3.05) is 13.1 Å². The summed E-state index contributed by atoms with van der Waals surface area (Å²) < 4.78 is 13.6. The van der Waals surface area contributed by atoms with Crippen molar-refractivity contribution in [1.29, 1.82) is 0 Å². The van der Waals surface area contributed by atoms with E-state index in [1.807, 2.05) is 0 Å². The predicted molar refractivity (Wildman–Crippen MR) is 68.4 cm³/mol. The fraction of sp³-hybridized carbons (Fsp3) is 0.538. The fourth-order valence-corrected chi connectivity index (χ4v) is 2.36. The second kappa shape index (κ2) is 5.34. The number of likely N-dealkylation sites (tertiary alicyclic amines) is 1. The van der Waals surface area contributed by atoms with Crippen LogP contribution in [0.3, 0.4) is 0 Å². The van der Waals surface area contributed by atoms with Crippen LogP contribution < -0.4 is 5.73 Å². The first-order valence-corrected chi connectivity index (χ1v) is 6.36. The van der Waals surface area contributed by atoms with Crippen LogP contribution in [0.25, 0.3) is 0 Å². The van der Waals surface area contributed by atoms with E-state index in [2.05, 4.69) is 11.8 Å². The lowest BCUT2D eigenvalue weighted by Gasteiger charge is -2.35. The summed E-state index contributed by atoms with van der Waals surface area (Å²) in [6, 6.07) is 5.04. The van der Waals surface area contributed by atoms with Crippen LogP contribution in [-0.4, -0.2) is 24.0 Å². The Hall–Kier alpha value is -0.640. The highest BCUT2D eigenvalue weighted by molar-refractivity contribution is 6.30. The number of nitrogens with two attached hydrogens (primary N) is 1. The van der Waals surface area contributed by atoms with Gasteiger partial charge in [0.05, 0.1) is 0 Å². The minimum absolute atomic E-state index is 0.194. The van der Waals surface area contributed by atoms with Crippen molar-refractivity contribution in [2.24, 2.45) is 11.7 Å². The van der Waals surface area contributed by atoms with Crippen molar-refractivity contribution < 1.29 is 4.39 Å². The molecule has 2 unspecified atom stereocenters. The quantitative estimate of drug-likeness (QED) is 0.882. The molecular formula is C13H18ClFN2. The second-order valence-corrected chi connectivity index (χ2v) is 5.34. The summed E-state index contributed by atoms with van der Waals surface area (Å²) in [6.07, 6.45) is 1.08. The molecule has 2 N–H and O–H groups in total. The molecule has 0 saturated carbocycles. The van der Waals surface area contributed by atoms with E-state index >= 15 is 0 Å². The minimum Gasteiger partial charge on any atom is -0.326 e. The van der Waals surface area contributed by atoms with Gasteiger partial charge in [0, 0.05) is 29.7 Å². The summed E-state index contributed by atoms with van der Waals surface area (Å²) in [7, 11) is 0. The van der Waals surface area contributed by atoms with Crippen LogP contribution in [-0.2, 0) is 6.54 Å². The lowest BCUT2D eigenvalue weighted by molar-refractivity contribution is 0.160. The molecule has 1 aromatic rings. The molecule has 0 aliphatic carbocycles. The monoisotopic (exact) mass is 256 g/mol. The van der Waals surface area contributed by atoms with Gasteiger partial charge in [-0.25, -0.2) is 4.39 Å². The summed E-state index contributed by atoms with van der Waals surface area (Å²) in [5.41, 5.74) is 6.72. The first-order chi connectivity index (χ1) is 8.06. The van der Waals surface area contributed by atoms with E-state index in [1.165, 1.54) is 6.07 Å². The lowest BCUT2D eigenvalue weighted by Crippen LogP contribution is -2.47. The molecule has 0 amide bonds. The Kier molecular flexibility index (Phi) is 4.02. The zero-order chi connectivity index (χ0) is 12.4. The average Bonchev–Trinajstić information content (AvgIpc) is 2.27. The number of hydrogen-bond donors (Lipinski definition) is 1. The third-order valence-corrected chi connectivity index (χ3v) is 3.74. The van der Waals surface area contributed by atoms with Gasteiger partial charge in [-0.15, -0.1) is 0 Å². The Morgan fingerprint density at radius 1 is 1.53 bits per heavy atom. The SMILES string of the molecule is CC1CCN(Cc2ccc(Cl)cc2F)CC1N. The average molecular weight is 257 g/mol. The maximum atomic E-state index is 13.6. The lowest BCUT2D eigenvalue weighted by atomic mass is 9.94. The Morgan fingerprint density at radius 2 is 2.29 bits per heavy atom. The van der Waals surface area contributed by atoms with Crippen molar-refractivity contribution in [3.63, 3.8) is 0 Å². The standard InChI is InChI=1S/C13H18ClFN2/c1-9-4-5-17(8-13(9)16)7-10-2-3-11(14)6-12(10)15/h2-3,6,9,13H,4-5,7-8,16H2,1H3. The molecule has 2 rings (SSSR count). The van der Waals surface area contributed by atoms with Gasteiger partial charge in [-0.1, -0.05) is 24.6 Å². The third kappa shape index (κ3) is 3.18. The van der Waals surface area contributed by atoms with Gasteiger partial charge in [-0.05, 0) is 31.0 Å². The van der Waals surface area contributed by atoms with E-state index in [4.69, 9.17) is 17.3 Å². The topological polar surface area (TPSA) is 29.3 Å². The Balaban J connectivity index is 2.01. The highest BCUT2D eigenvalue weighted by Crippen LogP contribution is 2.20. The molecule has 1 fully saturated rings. The summed E-state index contributed by atoms with van der Waals surface area (Å²) in [6.45, 7) is 4.61. The van der Waals surface area contributed by atoms with Crippen molar-refractivity contribution in [2.45, 2.75) is 25.9 Å². The zero-order valence-electron chi connectivity index (χ0n) is 10.00. The van der Waals surface area contributed by atoms with E-state index in [0.29, 0.717) is 23.0 Å². The third-order valence-electron chi connectivity index (χ3n) is 3.51. The van der Waals surface area contributed by atoms with Gasteiger partial charge in [0.1, 0.15) is 5.82 Å². The molecule has 0 spiro atoms. The molecule has 0 radical (unpaired) electrons. The summed E-state index contributed by atoms with van der Waals surface area (Å²) in [5.74, 6) is 0.325. The van der Waals surface area contributed by atoms with Gasteiger partial charge in [0.2, 0.25) is 0 Å². The molecule has 1 saturated heterocycles. The first-order valence-electron chi connectivity index (χ1n) is 5.98. The number of piperidine rings is 1. The van der Waals surface area contributed by atoms with Crippen LogP contribution in [0, 0.1) is 11.7 Å². The fourth-order valence-electron chi connectivity index (χ4n) is 2.20. The molecule has 1 aromatic carbocycles. The summed E-state index contributed by atoms with van der Waals surface area (Å²) in [4.78, 5) is 2.21. The van der Waals surface area contributed by atoms with E-state index in [9.17, 15) is 4.39 Å². The molecule has 1 aliphatic heterocycles. The number of halogens is 2. The summed E-state index contributed by atoms with van der Waals surface area (Å²) in [5, 5.41) is 0.440. The zero-order valence-corrected chi connectivity index (χ0v) is 10.8. The van der Waals surface area contributed by atoms with E-state index < -0.39 is 0 Å². The van der Waals surface area contributed by atoms with Crippen molar-refractivity contribution in [1.82, 2.24) is 4.90 Å². The molecule has 0 aromatic heterocycles. The van der Waals surface area contributed by atoms with E-state index in [-0.39, 0.29) is 11.9 Å². The molecule has 2 nitrogen and oxygen atoms in total. The molecule has 1 aliphatic rings. The van der Waals surface area contributed by atoms with Gasteiger partial charge < -0.3 is 5.73 Å². The maximum absolute atomic E-state index is 13.6. The van der Waals surface area contributed by atoms with Crippen LogP contribution >= 0.6 is 11.6 Å². The number of rotatable bonds is 2. The normalized spacial score (nSPS) is 26.1. The predicted octanol–water partition coefficient (Wildman–Crippen LogP) is 2.65. The minimum atomic E-state index is -0.232. The van der Waals surface area contributed by atoms with Gasteiger partial charge in [0.25, 0.3) is 0 Å². The molecule has 17 heavy (non-hydrogen) atoms. The van der Waals surface area contributed by atoms with Crippen molar-refractivity contribution in [3.05, 3.63) is 34.6 Å². The van der Waals surface area contributed by atoms with Gasteiger partial charge >= 0.3 is 0 Å². The molecule has 94 valence electrons. The number of nitrogens with zero attached hydrogens (tertiary/aromatic N) is 1. The van der Waals surface area contributed by atoms with E-state index in [0.717, 1.165) is 19.5 Å². The highest BCUT2D eigenvalue weighted by Gasteiger charge is 2.23. The Morgan fingerprint density at radius 3 is 2.94 bits per heavy atom. The largest absolute Gasteiger partial charge is 0.326 e. The highest BCUT2D eigenvalue weighted by atomic mass is 35.5. The maximum Gasteiger partial charge on any atom is 0.129 e. The molecule has 2 atom stereocenters. The molecule has 1 heterocycles. The number of benzene rings is 1. The molecular weight excluding hydrogens is 239 g/mol. The Bertz CT molecular complexity index is 397. The molecule has 4 heteroatoms. The summed E-state index contributed by atoms with van der Waals surface area (Å²) >= 11 is 5.73. The van der Waals surface area contributed by atoms with Gasteiger partial charge in [-0.3, -0.25) is 4.90 Å². The van der Waals surface area contributed by atoms with Crippen molar-refractivity contribution in [3.8, 4) is 0 Å². The Labute approximate surface area is 107 Å². The first kappa shape index (κ1) is 12.8. The van der Waals surface area contributed by atoms with Crippen LogP contribution in [0.2, 0.25) is 5.02 Å². The van der Waals surface area contributed by atoms with Crippen LogP contribution in [0.4, 0.5) is 4.39 Å². The number of hydrogen-bond acceptors (Lipinski definition) is 2. The molecule has 0 bridgehead atoms. The van der Waals surface area contributed by atoms with Crippen LogP contribution in [0.1, 0.15) is 18.9 Å². The smallest absolute Gasteiger partial charge is 0.129 e. The van der Waals surface area contributed by atoms with Gasteiger partial charge in [0.15, 0.2) is 0 Å².